The highest BCUT2D eigenvalue weighted by Crippen LogP contribution is 2.40. The summed E-state index contributed by atoms with van der Waals surface area (Å²) in [5, 5.41) is 20.7. The molecule has 12 heteroatoms. The van der Waals surface area contributed by atoms with Crippen LogP contribution in [0.25, 0.3) is 5.57 Å². The van der Waals surface area contributed by atoms with Crippen molar-refractivity contribution in [1.29, 1.82) is 0 Å². The number of halogens is 3. The molecule has 1 fully saturated rings. The third-order valence-corrected chi connectivity index (χ3v) is 5.37. The van der Waals surface area contributed by atoms with Gasteiger partial charge in [-0.15, -0.1) is 5.10 Å². The van der Waals surface area contributed by atoms with Gasteiger partial charge in [0.05, 0.1) is 29.1 Å². The Morgan fingerprint density at radius 2 is 2.12 bits per heavy atom. The van der Waals surface area contributed by atoms with Crippen LogP contribution in [0.15, 0.2) is 53.3 Å². The summed E-state index contributed by atoms with van der Waals surface area (Å²) in [6.07, 6.45) is -2.44. The Labute approximate surface area is 187 Å². The molecule has 2 aliphatic rings. The van der Waals surface area contributed by atoms with E-state index in [-0.39, 0.29) is 22.9 Å². The van der Waals surface area contributed by atoms with E-state index in [9.17, 15) is 23.1 Å². The first kappa shape index (κ1) is 22.4. The summed E-state index contributed by atoms with van der Waals surface area (Å²) >= 11 is 0. The molecule has 4 heterocycles. The molecule has 2 aromatic rings. The molecule has 2 atom stereocenters. The van der Waals surface area contributed by atoms with Crippen LogP contribution >= 0.6 is 0 Å². The van der Waals surface area contributed by atoms with E-state index in [1.165, 1.54) is 18.0 Å². The number of urea groups is 1. The zero-order chi connectivity index (χ0) is 23.8. The minimum absolute atomic E-state index is 0.211. The molecule has 0 saturated carbocycles. The lowest BCUT2D eigenvalue weighted by molar-refractivity contribution is -0.0883. The fourth-order valence-corrected chi connectivity index (χ4v) is 3.84. The number of aliphatic imine (C=N–C) groups is 1. The van der Waals surface area contributed by atoms with Gasteiger partial charge in [-0.25, -0.2) is 9.78 Å². The van der Waals surface area contributed by atoms with Crippen LogP contribution in [0.1, 0.15) is 12.6 Å². The SMILES string of the molecule is C=N/C=C(\C=C(/C)c1ccc2c(n1)N(C(=O)Nc1cccnn1)[C@@H]1CN2C[C@H]1O)C(F)(F)F. The maximum absolute atomic E-state index is 13.3. The van der Waals surface area contributed by atoms with Gasteiger partial charge in [-0.05, 0) is 49.6 Å². The highest BCUT2D eigenvalue weighted by Gasteiger charge is 2.45. The van der Waals surface area contributed by atoms with E-state index in [4.69, 9.17) is 0 Å². The number of carbonyl (C=O) groups is 1. The molecule has 0 unspecified atom stereocenters. The smallest absolute Gasteiger partial charge is 0.389 e. The Balaban J connectivity index is 1.73. The number of pyridine rings is 1. The van der Waals surface area contributed by atoms with Gasteiger partial charge in [0.1, 0.15) is 0 Å². The van der Waals surface area contributed by atoms with Crippen LogP contribution < -0.4 is 15.1 Å². The number of nitrogens with zero attached hydrogens (tertiary/aromatic N) is 6. The number of rotatable bonds is 4. The van der Waals surface area contributed by atoms with E-state index >= 15 is 0 Å². The molecule has 4 rings (SSSR count). The lowest BCUT2D eigenvalue weighted by Crippen LogP contribution is -2.51. The maximum atomic E-state index is 13.3. The topological polar surface area (TPSA) is 107 Å². The first-order valence-corrected chi connectivity index (χ1v) is 9.93. The van der Waals surface area contributed by atoms with E-state index in [1.54, 1.807) is 24.3 Å². The summed E-state index contributed by atoms with van der Waals surface area (Å²) in [4.78, 5) is 24.1. The van der Waals surface area contributed by atoms with Gasteiger partial charge in [0.2, 0.25) is 0 Å². The number of carbonyl (C=O) groups excluding carboxylic acids is 1. The third-order valence-electron chi connectivity index (χ3n) is 5.37. The number of aromatic nitrogens is 3. The van der Waals surface area contributed by atoms with Gasteiger partial charge in [-0.1, -0.05) is 0 Å². The number of fused-ring (bicyclic) bond motifs is 4. The van der Waals surface area contributed by atoms with Gasteiger partial charge in [0.15, 0.2) is 11.6 Å². The molecule has 9 nitrogen and oxygen atoms in total. The first-order valence-electron chi connectivity index (χ1n) is 9.93. The highest BCUT2D eigenvalue weighted by atomic mass is 19.4. The Hall–Kier alpha value is -3.80. The molecule has 2 aromatic heterocycles. The van der Waals surface area contributed by atoms with E-state index in [0.717, 1.165) is 6.08 Å². The number of hydrogen-bond acceptors (Lipinski definition) is 7. The number of allylic oxidation sites excluding steroid dienone is 3. The second-order valence-electron chi connectivity index (χ2n) is 7.58. The molecule has 172 valence electrons. The number of hydrogen-bond donors (Lipinski definition) is 2. The number of anilines is 3. The Morgan fingerprint density at radius 1 is 1.33 bits per heavy atom. The second kappa shape index (κ2) is 8.62. The lowest BCUT2D eigenvalue weighted by atomic mass is 10.1. The maximum Gasteiger partial charge on any atom is 0.417 e. The van der Waals surface area contributed by atoms with Crippen LogP contribution in [-0.4, -0.2) is 64.4 Å². The molecule has 0 aromatic carbocycles. The van der Waals surface area contributed by atoms with E-state index in [1.807, 2.05) is 4.90 Å². The van der Waals surface area contributed by atoms with Gasteiger partial charge in [0, 0.05) is 25.5 Å². The largest absolute Gasteiger partial charge is 0.417 e. The molecular formula is C21H20F3N7O2. The number of amides is 2. The van der Waals surface area contributed by atoms with Gasteiger partial charge in [-0.3, -0.25) is 15.2 Å². The quantitative estimate of drug-likeness (QED) is 0.538. The zero-order valence-electron chi connectivity index (χ0n) is 17.5. The molecule has 0 aliphatic carbocycles. The molecule has 33 heavy (non-hydrogen) atoms. The van der Waals surface area contributed by atoms with E-state index in [2.05, 4.69) is 32.2 Å². The Morgan fingerprint density at radius 3 is 2.79 bits per heavy atom. The van der Waals surface area contributed by atoms with Crippen LogP contribution in [0.2, 0.25) is 0 Å². The summed E-state index contributed by atoms with van der Waals surface area (Å²) in [6.45, 7) is 5.26. The normalized spacial score (nSPS) is 20.5. The summed E-state index contributed by atoms with van der Waals surface area (Å²) in [5.41, 5.74) is 0.0639. The molecule has 2 aliphatic heterocycles. The van der Waals surface area contributed by atoms with Crippen molar-refractivity contribution in [3.05, 3.63) is 54.0 Å². The average molecular weight is 459 g/mol. The average Bonchev–Trinajstić information content (AvgIpc) is 3.09. The van der Waals surface area contributed by atoms with Gasteiger partial charge in [0.25, 0.3) is 0 Å². The molecular weight excluding hydrogens is 439 g/mol. The summed E-state index contributed by atoms with van der Waals surface area (Å²) in [5.74, 6) is 0.442. The van der Waals surface area contributed by atoms with Crippen molar-refractivity contribution in [2.45, 2.75) is 25.2 Å². The van der Waals surface area contributed by atoms with Gasteiger partial charge in [-0.2, -0.15) is 18.3 Å². The fraction of sp³-hybridized carbons (Fsp3) is 0.286. The third kappa shape index (κ3) is 4.42. The molecule has 0 spiro atoms. The van der Waals surface area contributed by atoms with E-state index < -0.39 is 29.9 Å². The standard InChI is InChI=1S/C21H20F3N7O2/c1-12(8-13(9-25-2)21(22,23)24)14-5-6-15-19(27-14)31(16-10-30(15)11-17(16)32)20(33)28-18-4-3-7-26-29-18/h3-9,16-17,32H,2,10-11H2,1H3,(H,28,29,33)/b12-8+,13-9+/t16-,17-/m1/s1. The van der Waals surface area contributed by atoms with Crippen LogP contribution in [0.4, 0.5) is 35.3 Å². The second-order valence-corrected chi connectivity index (χ2v) is 7.58. The van der Waals surface area contributed by atoms with Crippen molar-refractivity contribution in [2.75, 3.05) is 28.2 Å². The number of alkyl halides is 3. The molecule has 2 N–H and O–H groups in total. The minimum atomic E-state index is -4.62. The summed E-state index contributed by atoms with van der Waals surface area (Å²) in [7, 11) is 0. The van der Waals surface area contributed by atoms with E-state index in [0.29, 0.717) is 25.0 Å². The van der Waals surface area contributed by atoms with Crippen molar-refractivity contribution in [3.63, 3.8) is 0 Å². The number of aliphatic hydroxyl groups excluding tert-OH is 1. The van der Waals surface area contributed by atoms with Crippen molar-refractivity contribution in [3.8, 4) is 0 Å². The predicted molar refractivity (Wildman–Crippen MR) is 117 cm³/mol. The number of aliphatic hydroxyl groups is 1. The predicted octanol–water partition coefficient (Wildman–Crippen LogP) is 3.02. The van der Waals surface area contributed by atoms with Crippen molar-refractivity contribution < 1.29 is 23.1 Å². The fourth-order valence-electron chi connectivity index (χ4n) is 3.84. The highest BCUT2D eigenvalue weighted by molar-refractivity contribution is 6.04. The summed E-state index contributed by atoms with van der Waals surface area (Å²) < 4.78 is 39.8. The molecule has 0 radical (unpaired) electrons. The molecule has 1 saturated heterocycles. The lowest BCUT2D eigenvalue weighted by Gasteiger charge is -2.36. The van der Waals surface area contributed by atoms with Gasteiger partial charge < -0.3 is 10.0 Å². The first-order chi connectivity index (χ1) is 15.7. The van der Waals surface area contributed by atoms with Crippen molar-refractivity contribution >= 4 is 35.6 Å². The van der Waals surface area contributed by atoms with Crippen molar-refractivity contribution in [1.82, 2.24) is 15.2 Å². The molecule has 2 amide bonds. The minimum Gasteiger partial charge on any atom is -0.389 e. The molecule has 2 bridgehead atoms. The number of nitrogens with one attached hydrogen (secondary N) is 1. The van der Waals surface area contributed by atoms with Gasteiger partial charge >= 0.3 is 12.2 Å². The Bertz CT molecular complexity index is 1130. The van der Waals surface area contributed by atoms with Crippen molar-refractivity contribution in [2.24, 2.45) is 4.99 Å². The van der Waals surface area contributed by atoms with Crippen LogP contribution in [-0.2, 0) is 0 Å². The van der Waals surface area contributed by atoms with Crippen LogP contribution in [0.3, 0.4) is 0 Å². The monoisotopic (exact) mass is 459 g/mol. The zero-order valence-corrected chi connectivity index (χ0v) is 17.5. The van der Waals surface area contributed by atoms with Crippen LogP contribution in [0.5, 0.6) is 0 Å². The van der Waals surface area contributed by atoms with Crippen LogP contribution in [0, 0.1) is 0 Å². The summed E-state index contributed by atoms with van der Waals surface area (Å²) in [6, 6.07) is 5.24. The Kier molecular flexibility index (Phi) is 5.85.